The van der Waals surface area contributed by atoms with Crippen molar-refractivity contribution in [2.75, 3.05) is 31.1 Å². The van der Waals surface area contributed by atoms with Gasteiger partial charge in [0.05, 0.1) is 0 Å². The first-order valence-corrected chi connectivity index (χ1v) is 8.73. The van der Waals surface area contributed by atoms with Gasteiger partial charge >= 0.3 is 0 Å². The molecule has 24 heavy (non-hydrogen) atoms. The number of rotatable bonds is 2. The highest BCUT2D eigenvalue weighted by molar-refractivity contribution is 5.92. The molecular weight excluding hydrogens is 305 g/mol. The van der Waals surface area contributed by atoms with E-state index in [-0.39, 0.29) is 11.7 Å². The molecule has 0 N–H and O–H groups in total. The summed E-state index contributed by atoms with van der Waals surface area (Å²) in [6, 6.07) is 7.15. The Kier molecular flexibility index (Phi) is 3.87. The Morgan fingerprint density at radius 1 is 1.21 bits per heavy atom. The van der Waals surface area contributed by atoms with Crippen molar-refractivity contribution < 1.29 is 9.18 Å². The van der Waals surface area contributed by atoms with E-state index in [1.165, 1.54) is 6.07 Å². The number of para-hydroxylation sites is 1. The number of benzene rings is 1. The average Bonchev–Trinajstić information content (AvgIpc) is 3.41. The summed E-state index contributed by atoms with van der Waals surface area (Å²) in [4.78, 5) is 21.0. The van der Waals surface area contributed by atoms with Gasteiger partial charge in [-0.15, -0.1) is 0 Å². The second-order valence-electron chi connectivity index (χ2n) is 6.86. The van der Waals surface area contributed by atoms with Crippen molar-refractivity contribution >= 4 is 22.5 Å². The summed E-state index contributed by atoms with van der Waals surface area (Å²) in [5.74, 6) is 0.311. The van der Waals surface area contributed by atoms with Crippen molar-refractivity contribution in [1.82, 2.24) is 9.88 Å². The molecule has 1 amide bonds. The Morgan fingerprint density at radius 2 is 2.04 bits per heavy atom. The van der Waals surface area contributed by atoms with Gasteiger partial charge in [0.25, 0.3) is 0 Å². The summed E-state index contributed by atoms with van der Waals surface area (Å²) in [5.41, 5.74) is 2.28. The minimum Gasteiger partial charge on any atom is -0.369 e. The smallest absolute Gasteiger partial charge is 0.225 e. The van der Waals surface area contributed by atoms with Gasteiger partial charge in [0, 0.05) is 48.9 Å². The summed E-state index contributed by atoms with van der Waals surface area (Å²) in [7, 11) is 0. The molecule has 126 valence electrons. The molecule has 2 fully saturated rings. The summed E-state index contributed by atoms with van der Waals surface area (Å²) in [6.45, 7) is 5.13. The highest BCUT2D eigenvalue weighted by Gasteiger charge is 2.34. The molecule has 0 unspecified atom stereocenters. The number of carbonyl (C=O) groups excluding carboxylic acids is 1. The Morgan fingerprint density at radius 3 is 2.83 bits per heavy atom. The van der Waals surface area contributed by atoms with Crippen LogP contribution in [0.5, 0.6) is 0 Å². The first-order chi connectivity index (χ1) is 11.6. The predicted octanol–water partition coefficient (Wildman–Crippen LogP) is 3.13. The number of aromatic nitrogens is 1. The molecule has 1 saturated carbocycles. The third-order valence-electron chi connectivity index (χ3n) is 4.97. The topological polar surface area (TPSA) is 36.4 Å². The summed E-state index contributed by atoms with van der Waals surface area (Å²) >= 11 is 0. The van der Waals surface area contributed by atoms with Crippen molar-refractivity contribution in [1.29, 1.82) is 0 Å². The monoisotopic (exact) mass is 327 g/mol. The van der Waals surface area contributed by atoms with Gasteiger partial charge < -0.3 is 9.80 Å². The van der Waals surface area contributed by atoms with Crippen LogP contribution < -0.4 is 4.90 Å². The molecule has 0 atom stereocenters. The van der Waals surface area contributed by atoms with Crippen LogP contribution in [0.4, 0.5) is 10.1 Å². The van der Waals surface area contributed by atoms with Crippen molar-refractivity contribution in [2.24, 2.45) is 5.92 Å². The van der Waals surface area contributed by atoms with Crippen LogP contribution >= 0.6 is 0 Å². The van der Waals surface area contributed by atoms with Crippen LogP contribution in [0.25, 0.3) is 10.9 Å². The second-order valence-corrected chi connectivity index (χ2v) is 6.86. The maximum atomic E-state index is 14.1. The third kappa shape index (κ3) is 2.83. The molecule has 0 radical (unpaired) electrons. The summed E-state index contributed by atoms with van der Waals surface area (Å²) < 4.78 is 14.1. The fraction of sp³-hybridized carbons (Fsp3) is 0.474. The van der Waals surface area contributed by atoms with Gasteiger partial charge in [0.2, 0.25) is 5.91 Å². The Bertz CT molecular complexity index is 788. The Hall–Kier alpha value is -2.17. The zero-order valence-electron chi connectivity index (χ0n) is 14.0. The van der Waals surface area contributed by atoms with Crippen molar-refractivity contribution in [2.45, 2.75) is 26.2 Å². The molecule has 2 aromatic rings. The maximum Gasteiger partial charge on any atom is 0.225 e. The van der Waals surface area contributed by atoms with Gasteiger partial charge in [0.1, 0.15) is 11.3 Å². The van der Waals surface area contributed by atoms with Gasteiger partial charge in [-0.3, -0.25) is 4.79 Å². The van der Waals surface area contributed by atoms with E-state index in [0.29, 0.717) is 11.4 Å². The summed E-state index contributed by atoms with van der Waals surface area (Å²) in [6.07, 6.45) is 3.04. The molecule has 0 bridgehead atoms. The molecule has 2 aliphatic rings. The van der Waals surface area contributed by atoms with Gasteiger partial charge in [-0.2, -0.15) is 0 Å². The van der Waals surface area contributed by atoms with E-state index in [2.05, 4.69) is 9.88 Å². The molecule has 0 spiro atoms. The van der Waals surface area contributed by atoms with E-state index in [4.69, 9.17) is 0 Å². The fourth-order valence-corrected chi connectivity index (χ4v) is 3.55. The van der Waals surface area contributed by atoms with E-state index in [1.807, 2.05) is 24.0 Å². The van der Waals surface area contributed by atoms with Crippen LogP contribution in [0.15, 0.2) is 24.3 Å². The van der Waals surface area contributed by atoms with E-state index in [1.54, 1.807) is 6.07 Å². The van der Waals surface area contributed by atoms with Crippen molar-refractivity contribution in [3.05, 3.63) is 35.8 Å². The van der Waals surface area contributed by atoms with Crippen LogP contribution in [-0.2, 0) is 4.79 Å². The number of hydrogen-bond acceptors (Lipinski definition) is 3. The minimum atomic E-state index is -0.280. The Balaban J connectivity index is 1.63. The van der Waals surface area contributed by atoms with E-state index < -0.39 is 0 Å². The lowest BCUT2D eigenvalue weighted by atomic mass is 10.1. The largest absolute Gasteiger partial charge is 0.369 e. The molecule has 1 aromatic heterocycles. The number of fused-ring (bicyclic) bond motifs is 1. The minimum absolute atomic E-state index is 0.273. The zero-order valence-corrected chi connectivity index (χ0v) is 14.0. The molecule has 5 heteroatoms. The van der Waals surface area contributed by atoms with Crippen LogP contribution in [0.3, 0.4) is 0 Å². The molecule has 2 heterocycles. The average molecular weight is 327 g/mol. The van der Waals surface area contributed by atoms with E-state index in [9.17, 15) is 9.18 Å². The lowest BCUT2D eigenvalue weighted by Gasteiger charge is -2.25. The molecule has 1 aliphatic carbocycles. The van der Waals surface area contributed by atoms with E-state index in [0.717, 1.165) is 62.2 Å². The predicted molar refractivity (Wildman–Crippen MR) is 92.6 cm³/mol. The SMILES string of the molecule is Cc1cc(N2CCCN(C(=O)C3CC3)CC2)c2cccc(F)c2n1. The number of aryl methyl sites for hydroxylation is 1. The molecular formula is C19H22FN3O. The number of halogens is 1. The highest BCUT2D eigenvalue weighted by Crippen LogP contribution is 2.32. The third-order valence-corrected chi connectivity index (χ3v) is 4.97. The lowest BCUT2D eigenvalue weighted by molar-refractivity contribution is -0.132. The maximum absolute atomic E-state index is 14.1. The first kappa shape index (κ1) is 15.4. The Labute approximate surface area is 141 Å². The number of nitrogens with zero attached hydrogens (tertiary/aromatic N) is 3. The number of carbonyl (C=O) groups is 1. The zero-order chi connectivity index (χ0) is 16.7. The number of anilines is 1. The number of hydrogen-bond donors (Lipinski definition) is 0. The van der Waals surface area contributed by atoms with Crippen molar-refractivity contribution in [3.8, 4) is 0 Å². The normalized spacial score (nSPS) is 18.8. The standard InChI is InChI=1S/C19H22FN3O/c1-13-12-17(15-4-2-5-16(20)18(15)21-13)22-8-3-9-23(11-10-22)19(24)14-6-7-14/h2,4-5,12,14H,3,6-11H2,1H3. The molecule has 1 aliphatic heterocycles. The first-order valence-electron chi connectivity index (χ1n) is 8.73. The molecule has 1 saturated heterocycles. The van der Waals surface area contributed by atoms with Crippen LogP contribution in [0.2, 0.25) is 0 Å². The van der Waals surface area contributed by atoms with Gasteiger partial charge in [-0.05, 0) is 38.3 Å². The number of amides is 1. The molecule has 4 rings (SSSR count). The highest BCUT2D eigenvalue weighted by atomic mass is 19.1. The molecule has 1 aromatic carbocycles. The van der Waals surface area contributed by atoms with Crippen LogP contribution in [0.1, 0.15) is 25.0 Å². The van der Waals surface area contributed by atoms with Gasteiger partial charge in [-0.25, -0.2) is 9.37 Å². The van der Waals surface area contributed by atoms with Crippen molar-refractivity contribution in [3.63, 3.8) is 0 Å². The lowest BCUT2D eigenvalue weighted by Crippen LogP contribution is -2.36. The summed E-state index contributed by atoms with van der Waals surface area (Å²) in [5, 5.41) is 0.850. The van der Waals surface area contributed by atoms with E-state index >= 15 is 0 Å². The molecule has 4 nitrogen and oxygen atoms in total. The van der Waals surface area contributed by atoms with Gasteiger partial charge in [0.15, 0.2) is 0 Å². The van der Waals surface area contributed by atoms with Gasteiger partial charge in [-0.1, -0.05) is 12.1 Å². The number of pyridine rings is 1. The fourth-order valence-electron chi connectivity index (χ4n) is 3.55. The van der Waals surface area contributed by atoms with Crippen LogP contribution in [-0.4, -0.2) is 42.0 Å². The second kappa shape index (κ2) is 6.04. The van der Waals surface area contributed by atoms with Crippen LogP contribution in [0, 0.1) is 18.7 Å². The quantitative estimate of drug-likeness (QED) is 0.850.